The minimum atomic E-state index is -4.40. The third-order valence-electron chi connectivity index (χ3n) is 1.86. The number of rotatable bonds is 0. The van der Waals surface area contributed by atoms with Crippen LogP contribution in [0.25, 0.3) is 0 Å². The molecule has 0 aromatic heterocycles. The van der Waals surface area contributed by atoms with Gasteiger partial charge in [-0.2, -0.15) is 18.4 Å². The summed E-state index contributed by atoms with van der Waals surface area (Å²) >= 11 is 0. The first kappa shape index (κ1) is 8.12. The third kappa shape index (κ3) is 1.01. The largest absolute Gasteiger partial charge is 0.407 e. The first-order valence-electron chi connectivity index (χ1n) is 3.06. The number of hydrogen-bond donors (Lipinski definition) is 0. The van der Waals surface area contributed by atoms with Crippen molar-refractivity contribution < 1.29 is 13.2 Å². The van der Waals surface area contributed by atoms with Crippen molar-refractivity contribution in [3.63, 3.8) is 0 Å². The first-order valence-corrected chi connectivity index (χ1v) is 3.06. The van der Waals surface area contributed by atoms with E-state index in [9.17, 15) is 13.2 Å². The van der Waals surface area contributed by atoms with Crippen molar-refractivity contribution in [2.45, 2.75) is 19.0 Å². The number of nitrogens with zero attached hydrogens (tertiary/aromatic N) is 1. The molecular formula is C7H6F3N. The zero-order valence-electron chi connectivity index (χ0n) is 5.70. The highest BCUT2D eigenvalue weighted by Crippen LogP contribution is 2.54. The quantitative estimate of drug-likeness (QED) is 0.500. The van der Waals surface area contributed by atoms with Crippen molar-refractivity contribution in [1.82, 2.24) is 0 Å². The van der Waals surface area contributed by atoms with Crippen LogP contribution < -0.4 is 0 Å². The Kier molecular flexibility index (Phi) is 1.48. The predicted molar refractivity (Wildman–Crippen MR) is 32.5 cm³/mol. The molecule has 0 aromatic carbocycles. The second kappa shape index (κ2) is 2.00. The molecule has 11 heavy (non-hydrogen) atoms. The summed E-state index contributed by atoms with van der Waals surface area (Å²) in [5, 5.41) is 8.28. The molecular weight excluding hydrogens is 155 g/mol. The zero-order chi connectivity index (χ0) is 8.70. The summed E-state index contributed by atoms with van der Waals surface area (Å²) in [5.41, 5.74) is -1.62. The third-order valence-corrected chi connectivity index (χ3v) is 1.86. The maximum atomic E-state index is 12.1. The fourth-order valence-corrected chi connectivity index (χ4v) is 1.14. The summed E-state index contributed by atoms with van der Waals surface area (Å²) in [7, 11) is 0. The average Bonchev–Trinajstić information content (AvgIpc) is 1.77. The van der Waals surface area contributed by atoms with Gasteiger partial charge in [-0.3, -0.25) is 0 Å². The summed E-state index contributed by atoms with van der Waals surface area (Å²) in [6.45, 7) is 3.37. The van der Waals surface area contributed by atoms with Crippen molar-refractivity contribution in [2.75, 3.05) is 0 Å². The smallest absolute Gasteiger partial charge is 0.197 e. The number of halogens is 3. The van der Waals surface area contributed by atoms with Gasteiger partial charge in [0.25, 0.3) is 0 Å². The van der Waals surface area contributed by atoms with E-state index in [2.05, 4.69) is 6.58 Å². The summed E-state index contributed by atoms with van der Waals surface area (Å²) in [6.07, 6.45) is -4.86. The van der Waals surface area contributed by atoms with Crippen molar-refractivity contribution in [3.8, 4) is 6.07 Å². The van der Waals surface area contributed by atoms with Gasteiger partial charge >= 0.3 is 6.18 Å². The number of alkyl halides is 3. The Labute approximate surface area is 62.1 Å². The number of allylic oxidation sites excluding steroid dienone is 1. The van der Waals surface area contributed by atoms with E-state index in [0.29, 0.717) is 5.57 Å². The van der Waals surface area contributed by atoms with Crippen LogP contribution in [0.4, 0.5) is 13.2 Å². The van der Waals surface area contributed by atoms with Crippen LogP contribution in [-0.2, 0) is 0 Å². The molecule has 1 aliphatic rings. The lowest BCUT2D eigenvalue weighted by Crippen LogP contribution is -2.43. The van der Waals surface area contributed by atoms with Gasteiger partial charge in [0.05, 0.1) is 6.07 Å². The van der Waals surface area contributed by atoms with E-state index in [0.717, 1.165) is 0 Å². The topological polar surface area (TPSA) is 23.8 Å². The molecule has 0 N–H and O–H groups in total. The minimum Gasteiger partial charge on any atom is -0.197 e. The molecule has 1 rings (SSSR count). The van der Waals surface area contributed by atoms with Crippen molar-refractivity contribution in [3.05, 3.63) is 12.2 Å². The van der Waals surface area contributed by atoms with E-state index in [-0.39, 0.29) is 12.8 Å². The zero-order valence-corrected chi connectivity index (χ0v) is 5.70. The van der Waals surface area contributed by atoms with Gasteiger partial charge in [-0.25, -0.2) is 0 Å². The minimum absolute atomic E-state index is 0.229. The maximum Gasteiger partial charge on any atom is 0.407 e. The SMILES string of the molecule is C=C1CC(C#N)(C(F)(F)F)C1. The predicted octanol–water partition coefficient (Wildman–Crippen LogP) is 2.41. The fraction of sp³-hybridized carbons (Fsp3) is 0.571. The molecule has 0 spiro atoms. The van der Waals surface area contributed by atoms with Gasteiger partial charge in [0.1, 0.15) is 0 Å². The second-order valence-corrected chi connectivity index (χ2v) is 2.80. The highest BCUT2D eigenvalue weighted by atomic mass is 19.4. The Hall–Kier alpha value is -0.980. The van der Waals surface area contributed by atoms with Gasteiger partial charge in [-0.15, -0.1) is 0 Å². The first-order chi connectivity index (χ1) is 4.91. The van der Waals surface area contributed by atoms with Crippen molar-refractivity contribution >= 4 is 0 Å². The van der Waals surface area contributed by atoms with Crippen molar-refractivity contribution in [2.24, 2.45) is 5.41 Å². The molecule has 4 heteroatoms. The summed E-state index contributed by atoms with van der Waals surface area (Å²) < 4.78 is 36.2. The Balaban J connectivity index is 2.83. The van der Waals surface area contributed by atoms with Gasteiger partial charge in [-0.05, 0) is 12.8 Å². The van der Waals surface area contributed by atoms with Gasteiger partial charge in [0, 0.05) is 0 Å². The lowest BCUT2D eigenvalue weighted by Gasteiger charge is -2.38. The molecule has 0 aliphatic heterocycles. The van der Waals surface area contributed by atoms with E-state index in [1.165, 1.54) is 6.07 Å². The molecule has 0 amide bonds. The summed E-state index contributed by atoms with van der Waals surface area (Å²) in [6, 6.07) is 1.30. The lowest BCUT2D eigenvalue weighted by atomic mass is 9.66. The van der Waals surface area contributed by atoms with Crippen molar-refractivity contribution in [1.29, 1.82) is 5.26 Å². The van der Waals surface area contributed by atoms with Crippen LogP contribution in [0.3, 0.4) is 0 Å². The summed E-state index contributed by atoms with van der Waals surface area (Å²) in [5.74, 6) is 0. The van der Waals surface area contributed by atoms with E-state index >= 15 is 0 Å². The highest BCUT2D eigenvalue weighted by molar-refractivity contribution is 5.25. The Morgan fingerprint density at radius 1 is 1.45 bits per heavy atom. The van der Waals surface area contributed by atoms with E-state index in [1.807, 2.05) is 0 Å². The van der Waals surface area contributed by atoms with E-state index in [4.69, 9.17) is 5.26 Å². The number of nitriles is 1. The molecule has 1 fully saturated rings. The molecule has 0 heterocycles. The molecule has 0 aromatic rings. The Morgan fingerprint density at radius 3 is 2.00 bits per heavy atom. The molecule has 0 unspecified atom stereocenters. The molecule has 0 atom stereocenters. The monoisotopic (exact) mass is 161 g/mol. The van der Waals surface area contributed by atoms with Gasteiger partial charge in [0.15, 0.2) is 5.41 Å². The van der Waals surface area contributed by atoms with Crippen LogP contribution in [0.15, 0.2) is 12.2 Å². The normalized spacial score (nSPS) is 22.2. The molecule has 1 aliphatic carbocycles. The van der Waals surface area contributed by atoms with E-state index in [1.54, 1.807) is 0 Å². The molecule has 1 saturated carbocycles. The Bertz CT molecular complexity index is 225. The van der Waals surface area contributed by atoms with Gasteiger partial charge < -0.3 is 0 Å². The molecule has 0 radical (unpaired) electrons. The number of hydrogen-bond acceptors (Lipinski definition) is 1. The second-order valence-electron chi connectivity index (χ2n) is 2.80. The average molecular weight is 161 g/mol. The van der Waals surface area contributed by atoms with Crippen LogP contribution in [0.1, 0.15) is 12.8 Å². The summed E-state index contributed by atoms with van der Waals surface area (Å²) in [4.78, 5) is 0. The Morgan fingerprint density at radius 2 is 1.91 bits per heavy atom. The van der Waals surface area contributed by atoms with Gasteiger partial charge in [0.2, 0.25) is 0 Å². The highest BCUT2D eigenvalue weighted by Gasteiger charge is 2.60. The standard InChI is InChI=1S/C7H6F3N/c1-5-2-6(3-5,4-11)7(8,9)10/h1-3H2. The maximum absolute atomic E-state index is 12.1. The molecule has 60 valence electrons. The van der Waals surface area contributed by atoms with Crippen LogP contribution in [0, 0.1) is 16.7 Å². The molecule has 1 nitrogen and oxygen atoms in total. The molecule has 0 saturated heterocycles. The van der Waals surface area contributed by atoms with Crippen LogP contribution in [0.2, 0.25) is 0 Å². The van der Waals surface area contributed by atoms with Crippen LogP contribution >= 0.6 is 0 Å². The van der Waals surface area contributed by atoms with Crippen LogP contribution in [0.5, 0.6) is 0 Å². The van der Waals surface area contributed by atoms with E-state index < -0.39 is 11.6 Å². The van der Waals surface area contributed by atoms with Gasteiger partial charge in [-0.1, -0.05) is 12.2 Å². The molecule has 0 bridgehead atoms. The lowest BCUT2D eigenvalue weighted by molar-refractivity contribution is -0.214. The van der Waals surface area contributed by atoms with Crippen LogP contribution in [-0.4, -0.2) is 6.18 Å². The fourth-order valence-electron chi connectivity index (χ4n) is 1.14.